The van der Waals surface area contributed by atoms with Crippen molar-refractivity contribution >= 4 is 11.7 Å². The molecule has 0 spiro atoms. The molecule has 0 atom stereocenters. The summed E-state index contributed by atoms with van der Waals surface area (Å²) in [5.41, 5.74) is 10.7. The van der Waals surface area contributed by atoms with Crippen LogP contribution in [0.3, 0.4) is 0 Å². The molecule has 17 heavy (non-hydrogen) atoms. The number of nitrogens with two attached hydrogens (primary N) is 2. The van der Waals surface area contributed by atoms with Crippen LogP contribution < -0.4 is 16.4 Å². The zero-order chi connectivity index (χ0) is 12.7. The van der Waals surface area contributed by atoms with E-state index < -0.39 is 5.91 Å². The van der Waals surface area contributed by atoms with Gasteiger partial charge in [-0.25, -0.2) is 0 Å². The van der Waals surface area contributed by atoms with Crippen LogP contribution in [0.25, 0.3) is 0 Å². The van der Waals surface area contributed by atoms with Crippen LogP contribution in [0.15, 0.2) is 12.1 Å². The molecule has 1 aromatic heterocycles. The predicted molar refractivity (Wildman–Crippen MR) is 63.7 cm³/mol. The van der Waals surface area contributed by atoms with Crippen LogP contribution >= 0.6 is 0 Å². The van der Waals surface area contributed by atoms with Crippen molar-refractivity contribution in [1.29, 1.82) is 0 Å². The number of hydrogen-bond acceptors (Lipinski definition) is 6. The number of hydrogen-bond donors (Lipinski definition) is 2. The summed E-state index contributed by atoms with van der Waals surface area (Å²) < 4.78 is 5.00. The van der Waals surface area contributed by atoms with Crippen molar-refractivity contribution in [2.24, 2.45) is 11.5 Å². The van der Waals surface area contributed by atoms with Gasteiger partial charge in [0.05, 0.1) is 6.61 Å². The first-order valence-corrected chi connectivity index (χ1v) is 5.26. The molecule has 1 amide bonds. The van der Waals surface area contributed by atoms with Gasteiger partial charge in [-0.05, 0) is 12.1 Å². The van der Waals surface area contributed by atoms with E-state index >= 15 is 0 Å². The van der Waals surface area contributed by atoms with Gasteiger partial charge in [0, 0.05) is 26.7 Å². The SMILES string of the molecule is COCCN(CCN)c1ccc(C(N)=O)nn1. The molecule has 0 aliphatic carbocycles. The third-order valence-electron chi connectivity index (χ3n) is 2.19. The number of anilines is 1. The van der Waals surface area contributed by atoms with Gasteiger partial charge in [0.2, 0.25) is 0 Å². The highest BCUT2D eigenvalue weighted by Gasteiger charge is 2.09. The summed E-state index contributed by atoms with van der Waals surface area (Å²) in [6, 6.07) is 3.24. The minimum absolute atomic E-state index is 0.146. The fraction of sp³-hybridized carbons (Fsp3) is 0.500. The number of carbonyl (C=O) groups excluding carboxylic acids is 1. The maximum Gasteiger partial charge on any atom is 0.269 e. The van der Waals surface area contributed by atoms with E-state index in [1.165, 1.54) is 0 Å². The molecule has 0 bridgehead atoms. The molecule has 0 saturated heterocycles. The second-order valence-corrected chi connectivity index (χ2v) is 3.41. The van der Waals surface area contributed by atoms with E-state index in [1.807, 2.05) is 4.90 Å². The van der Waals surface area contributed by atoms with Crippen molar-refractivity contribution in [3.8, 4) is 0 Å². The second kappa shape index (κ2) is 6.77. The number of rotatable bonds is 7. The molecule has 4 N–H and O–H groups in total. The lowest BCUT2D eigenvalue weighted by Crippen LogP contribution is -2.33. The van der Waals surface area contributed by atoms with Gasteiger partial charge in [-0.3, -0.25) is 4.79 Å². The van der Waals surface area contributed by atoms with Crippen molar-refractivity contribution in [3.63, 3.8) is 0 Å². The molecule has 1 rings (SSSR count). The standard InChI is InChI=1S/C10H17N5O2/c1-17-7-6-15(5-4-11)9-3-2-8(10(12)16)13-14-9/h2-3H,4-7,11H2,1H3,(H2,12,16). The lowest BCUT2D eigenvalue weighted by Gasteiger charge is -2.21. The molecular weight excluding hydrogens is 222 g/mol. The average Bonchev–Trinajstić information content (AvgIpc) is 2.34. The Balaban J connectivity index is 2.75. The Morgan fingerprint density at radius 1 is 1.41 bits per heavy atom. The van der Waals surface area contributed by atoms with Crippen molar-refractivity contribution < 1.29 is 9.53 Å². The van der Waals surface area contributed by atoms with Crippen LogP contribution in [0, 0.1) is 0 Å². The number of ether oxygens (including phenoxy) is 1. The summed E-state index contributed by atoms with van der Waals surface area (Å²) in [6.07, 6.45) is 0. The van der Waals surface area contributed by atoms with Gasteiger partial charge >= 0.3 is 0 Å². The number of methoxy groups -OCH3 is 1. The minimum Gasteiger partial charge on any atom is -0.383 e. The fourth-order valence-corrected chi connectivity index (χ4v) is 1.32. The molecule has 7 nitrogen and oxygen atoms in total. The molecule has 1 heterocycles. The van der Waals surface area contributed by atoms with E-state index in [-0.39, 0.29) is 5.69 Å². The first kappa shape index (κ1) is 13.3. The highest BCUT2D eigenvalue weighted by atomic mass is 16.5. The average molecular weight is 239 g/mol. The van der Waals surface area contributed by atoms with Gasteiger partial charge in [-0.15, -0.1) is 10.2 Å². The Kier molecular flexibility index (Phi) is 5.31. The zero-order valence-electron chi connectivity index (χ0n) is 9.80. The summed E-state index contributed by atoms with van der Waals surface area (Å²) >= 11 is 0. The molecule has 0 fully saturated rings. The Morgan fingerprint density at radius 3 is 2.65 bits per heavy atom. The van der Waals surface area contributed by atoms with Crippen molar-refractivity contribution in [2.45, 2.75) is 0 Å². The highest BCUT2D eigenvalue weighted by Crippen LogP contribution is 2.08. The topological polar surface area (TPSA) is 107 Å². The third kappa shape index (κ3) is 3.97. The Morgan fingerprint density at radius 2 is 2.18 bits per heavy atom. The van der Waals surface area contributed by atoms with E-state index in [0.29, 0.717) is 32.1 Å². The normalized spacial score (nSPS) is 10.2. The van der Waals surface area contributed by atoms with Gasteiger partial charge in [0.15, 0.2) is 11.5 Å². The van der Waals surface area contributed by atoms with E-state index in [1.54, 1.807) is 19.2 Å². The van der Waals surface area contributed by atoms with Crippen LogP contribution in [0.5, 0.6) is 0 Å². The number of primary amides is 1. The number of amides is 1. The Hall–Kier alpha value is -1.73. The first-order chi connectivity index (χ1) is 8.19. The summed E-state index contributed by atoms with van der Waals surface area (Å²) in [7, 11) is 1.63. The number of nitrogens with zero attached hydrogens (tertiary/aromatic N) is 3. The van der Waals surface area contributed by atoms with E-state index in [4.69, 9.17) is 16.2 Å². The molecule has 0 saturated carbocycles. The molecule has 0 aliphatic heterocycles. The maximum atomic E-state index is 10.8. The van der Waals surface area contributed by atoms with E-state index in [0.717, 1.165) is 0 Å². The van der Waals surface area contributed by atoms with Gasteiger partial charge in [-0.2, -0.15) is 0 Å². The van der Waals surface area contributed by atoms with Gasteiger partial charge in [0.1, 0.15) is 0 Å². The maximum absolute atomic E-state index is 10.8. The van der Waals surface area contributed by atoms with Crippen LogP contribution in [-0.2, 0) is 4.74 Å². The second-order valence-electron chi connectivity index (χ2n) is 3.41. The molecule has 1 aromatic rings. The molecule has 0 aliphatic rings. The van der Waals surface area contributed by atoms with Gasteiger partial charge < -0.3 is 21.1 Å². The van der Waals surface area contributed by atoms with Gasteiger partial charge in [-0.1, -0.05) is 0 Å². The van der Waals surface area contributed by atoms with Crippen molar-refractivity contribution in [3.05, 3.63) is 17.8 Å². The lowest BCUT2D eigenvalue weighted by atomic mass is 10.3. The highest BCUT2D eigenvalue weighted by molar-refractivity contribution is 5.90. The van der Waals surface area contributed by atoms with Crippen LogP contribution in [0.2, 0.25) is 0 Å². The minimum atomic E-state index is -0.591. The Bertz CT molecular complexity index is 354. The summed E-state index contributed by atoms with van der Waals surface area (Å²) in [4.78, 5) is 12.8. The summed E-state index contributed by atoms with van der Waals surface area (Å²) in [5, 5.41) is 7.68. The van der Waals surface area contributed by atoms with Crippen LogP contribution in [0.4, 0.5) is 5.82 Å². The number of aromatic nitrogens is 2. The van der Waals surface area contributed by atoms with Crippen molar-refractivity contribution in [1.82, 2.24) is 10.2 Å². The molecule has 94 valence electrons. The molecule has 0 unspecified atom stereocenters. The Labute approximate surface area is 99.7 Å². The molecular formula is C10H17N5O2. The number of carbonyl (C=O) groups is 1. The fourth-order valence-electron chi connectivity index (χ4n) is 1.32. The largest absolute Gasteiger partial charge is 0.383 e. The third-order valence-corrected chi connectivity index (χ3v) is 2.19. The molecule has 7 heteroatoms. The summed E-state index contributed by atoms with van der Waals surface area (Å²) in [6.45, 7) is 2.38. The molecule has 0 aromatic carbocycles. The zero-order valence-corrected chi connectivity index (χ0v) is 9.80. The summed E-state index contributed by atoms with van der Waals surface area (Å²) in [5.74, 6) is 0.0591. The smallest absolute Gasteiger partial charge is 0.269 e. The van der Waals surface area contributed by atoms with Gasteiger partial charge in [0.25, 0.3) is 5.91 Å². The predicted octanol–water partition coefficient (Wildman–Crippen LogP) is -1.01. The molecule has 0 radical (unpaired) electrons. The first-order valence-electron chi connectivity index (χ1n) is 5.26. The monoisotopic (exact) mass is 239 g/mol. The van der Waals surface area contributed by atoms with Crippen LogP contribution in [-0.4, -0.2) is 49.5 Å². The van der Waals surface area contributed by atoms with Crippen molar-refractivity contribution in [2.75, 3.05) is 38.3 Å². The lowest BCUT2D eigenvalue weighted by molar-refractivity contribution is 0.0994. The van der Waals surface area contributed by atoms with Crippen LogP contribution in [0.1, 0.15) is 10.5 Å². The van der Waals surface area contributed by atoms with E-state index in [9.17, 15) is 4.79 Å². The quantitative estimate of drug-likeness (QED) is 0.631. The van der Waals surface area contributed by atoms with E-state index in [2.05, 4.69) is 10.2 Å².